The van der Waals surface area contributed by atoms with Crippen LogP contribution in [0.5, 0.6) is 0 Å². The molecule has 2 aliphatic rings. The average Bonchev–Trinajstić information content (AvgIpc) is 2.48. The molecule has 0 bridgehead atoms. The normalized spacial score (nSPS) is 32.0. The molecule has 1 aliphatic carbocycles. The van der Waals surface area contributed by atoms with Gasteiger partial charge in [-0.3, -0.25) is 0 Å². The Balaban J connectivity index is 1.78. The van der Waals surface area contributed by atoms with Crippen LogP contribution in [-0.4, -0.2) is 35.7 Å². The van der Waals surface area contributed by atoms with Crippen LogP contribution in [0.4, 0.5) is 4.79 Å². The van der Waals surface area contributed by atoms with Crippen molar-refractivity contribution in [3.05, 3.63) is 0 Å². The van der Waals surface area contributed by atoms with Crippen LogP contribution >= 0.6 is 0 Å². The summed E-state index contributed by atoms with van der Waals surface area (Å²) < 4.78 is 5.32. The number of nitrogens with two attached hydrogens (primary N) is 1. The van der Waals surface area contributed by atoms with Crippen LogP contribution in [0.15, 0.2) is 0 Å². The van der Waals surface area contributed by atoms with E-state index in [2.05, 4.69) is 13.8 Å². The van der Waals surface area contributed by atoms with Crippen LogP contribution in [0.2, 0.25) is 0 Å². The van der Waals surface area contributed by atoms with Crippen molar-refractivity contribution in [2.45, 2.75) is 46.3 Å². The second kappa shape index (κ2) is 3.61. The highest BCUT2D eigenvalue weighted by molar-refractivity contribution is 5.69. The predicted molar refractivity (Wildman–Crippen MR) is 66.5 cm³/mol. The van der Waals surface area contributed by atoms with Crippen LogP contribution in [0.1, 0.15) is 34.6 Å². The summed E-state index contributed by atoms with van der Waals surface area (Å²) in [5, 5.41) is 0. The monoisotopic (exact) mass is 240 g/mol. The first-order valence-electron chi connectivity index (χ1n) is 6.36. The van der Waals surface area contributed by atoms with E-state index in [9.17, 15) is 4.79 Å². The first-order chi connectivity index (χ1) is 7.63. The zero-order chi connectivity index (χ0) is 13.0. The highest BCUT2D eigenvalue weighted by Crippen LogP contribution is 2.56. The summed E-state index contributed by atoms with van der Waals surface area (Å²) in [6.45, 7) is 11.7. The van der Waals surface area contributed by atoms with E-state index in [0.717, 1.165) is 13.1 Å². The Morgan fingerprint density at radius 3 is 2.18 bits per heavy atom. The van der Waals surface area contributed by atoms with E-state index in [0.29, 0.717) is 17.9 Å². The molecule has 2 fully saturated rings. The molecule has 0 radical (unpaired) electrons. The van der Waals surface area contributed by atoms with Crippen LogP contribution in [0, 0.1) is 17.3 Å². The van der Waals surface area contributed by atoms with Gasteiger partial charge in [0.25, 0.3) is 0 Å². The van der Waals surface area contributed by atoms with E-state index in [1.807, 2.05) is 20.8 Å². The quantitative estimate of drug-likeness (QED) is 0.761. The van der Waals surface area contributed by atoms with Crippen molar-refractivity contribution < 1.29 is 9.53 Å². The molecule has 0 aromatic heterocycles. The Kier molecular flexibility index (Phi) is 2.69. The summed E-state index contributed by atoms with van der Waals surface area (Å²) in [5.74, 6) is 1.13. The third kappa shape index (κ3) is 2.28. The van der Waals surface area contributed by atoms with E-state index in [4.69, 9.17) is 10.5 Å². The minimum Gasteiger partial charge on any atom is -0.444 e. The molecule has 2 rings (SSSR count). The summed E-state index contributed by atoms with van der Waals surface area (Å²) >= 11 is 0. The Morgan fingerprint density at radius 2 is 1.82 bits per heavy atom. The summed E-state index contributed by atoms with van der Waals surface area (Å²) in [6, 6.07) is 0.299. The number of ether oxygens (including phenoxy) is 1. The Morgan fingerprint density at radius 1 is 1.35 bits per heavy atom. The summed E-state index contributed by atoms with van der Waals surface area (Å²) in [5.41, 5.74) is 5.89. The molecular weight excluding hydrogens is 216 g/mol. The van der Waals surface area contributed by atoms with Crippen molar-refractivity contribution >= 4 is 6.09 Å². The molecule has 2 unspecified atom stereocenters. The predicted octanol–water partition coefficient (Wildman–Crippen LogP) is 1.84. The molecule has 1 heterocycles. The Bertz CT molecular complexity index is 327. The van der Waals surface area contributed by atoms with Gasteiger partial charge in [-0.2, -0.15) is 0 Å². The minimum atomic E-state index is -0.405. The van der Waals surface area contributed by atoms with E-state index < -0.39 is 5.60 Å². The number of rotatable bonds is 1. The molecule has 98 valence electrons. The van der Waals surface area contributed by atoms with Crippen molar-refractivity contribution in [1.29, 1.82) is 0 Å². The van der Waals surface area contributed by atoms with Gasteiger partial charge in [-0.1, -0.05) is 13.8 Å². The van der Waals surface area contributed by atoms with Crippen molar-refractivity contribution in [3.63, 3.8) is 0 Å². The molecule has 2 atom stereocenters. The lowest BCUT2D eigenvalue weighted by atomic mass is 9.90. The molecule has 17 heavy (non-hydrogen) atoms. The van der Waals surface area contributed by atoms with E-state index >= 15 is 0 Å². The fraction of sp³-hybridized carbons (Fsp3) is 0.923. The number of carbonyl (C=O) groups is 1. The van der Waals surface area contributed by atoms with Gasteiger partial charge in [0, 0.05) is 19.1 Å². The van der Waals surface area contributed by atoms with Gasteiger partial charge in [-0.25, -0.2) is 4.79 Å². The molecule has 2 N–H and O–H groups in total. The summed E-state index contributed by atoms with van der Waals surface area (Å²) in [7, 11) is 0. The fourth-order valence-electron chi connectivity index (χ4n) is 2.83. The standard InChI is InChI=1S/C13H24N2O2/c1-12(2,3)17-11(16)15-6-8(7-15)9-10(14)13(9,4)5/h8-10H,6-7,14H2,1-5H3. The first-order valence-corrected chi connectivity index (χ1v) is 6.36. The maximum Gasteiger partial charge on any atom is 0.410 e. The maximum atomic E-state index is 11.7. The SMILES string of the molecule is CC(C)(C)OC(=O)N1CC(C2C(N)C2(C)C)C1. The minimum absolute atomic E-state index is 0.194. The number of nitrogens with zero attached hydrogens (tertiary/aromatic N) is 1. The number of hydrogen-bond donors (Lipinski definition) is 1. The third-order valence-electron chi connectivity index (χ3n) is 4.07. The van der Waals surface area contributed by atoms with Gasteiger partial charge in [0.15, 0.2) is 0 Å². The third-order valence-corrected chi connectivity index (χ3v) is 4.07. The zero-order valence-corrected chi connectivity index (χ0v) is 11.5. The van der Waals surface area contributed by atoms with Gasteiger partial charge in [0.05, 0.1) is 0 Å². The van der Waals surface area contributed by atoms with Crippen LogP contribution in [-0.2, 0) is 4.74 Å². The summed E-state index contributed by atoms with van der Waals surface area (Å²) in [4.78, 5) is 13.5. The van der Waals surface area contributed by atoms with Gasteiger partial charge in [-0.15, -0.1) is 0 Å². The fourth-order valence-corrected chi connectivity index (χ4v) is 2.83. The lowest BCUT2D eigenvalue weighted by molar-refractivity contribution is -0.00622. The Labute approximate surface area is 103 Å². The average molecular weight is 240 g/mol. The second-order valence-electron chi connectivity index (χ2n) is 7.02. The zero-order valence-electron chi connectivity index (χ0n) is 11.5. The molecule has 4 nitrogen and oxygen atoms in total. The number of hydrogen-bond acceptors (Lipinski definition) is 3. The number of amides is 1. The first kappa shape index (κ1) is 12.7. The molecule has 0 spiro atoms. The van der Waals surface area contributed by atoms with Gasteiger partial charge >= 0.3 is 6.09 Å². The van der Waals surface area contributed by atoms with Crippen molar-refractivity contribution in [1.82, 2.24) is 4.90 Å². The van der Waals surface area contributed by atoms with Crippen molar-refractivity contribution in [2.75, 3.05) is 13.1 Å². The van der Waals surface area contributed by atoms with Gasteiger partial charge in [0.2, 0.25) is 0 Å². The van der Waals surface area contributed by atoms with Crippen molar-refractivity contribution in [2.24, 2.45) is 23.0 Å². The lowest BCUT2D eigenvalue weighted by Crippen LogP contribution is -2.53. The molecule has 0 aromatic rings. The molecule has 0 aromatic carbocycles. The van der Waals surface area contributed by atoms with Crippen molar-refractivity contribution in [3.8, 4) is 0 Å². The molecule has 4 heteroatoms. The van der Waals surface area contributed by atoms with Gasteiger partial charge in [0.1, 0.15) is 5.60 Å². The smallest absolute Gasteiger partial charge is 0.410 e. The molecule has 1 amide bonds. The molecule has 1 saturated heterocycles. The molecule has 1 saturated carbocycles. The topological polar surface area (TPSA) is 55.6 Å². The Hall–Kier alpha value is -0.770. The highest BCUT2D eigenvalue weighted by Gasteiger charge is 2.61. The molecule has 1 aliphatic heterocycles. The van der Waals surface area contributed by atoms with E-state index in [-0.39, 0.29) is 11.5 Å². The second-order valence-corrected chi connectivity index (χ2v) is 7.02. The van der Waals surface area contributed by atoms with E-state index in [1.54, 1.807) is 4.90 Å². The highest BCUT2D eigenvalue weighted by atomic mass is 16.6. The summed E-state index contributed by atoms with van der Waals surface area (Å²) in [6.07, 6.45) is -0.194. The van der Waals surface area contributed by atoms with Crippen LogP contribution in [0.3, 0.4) is 0 Å². The van der Waals surface area contributed by atoms with E-state index in [1.165, 1.54) is 0 Å². The maximum absolute atomic E-state index is 11.7. The van der Waals surface area contributed by atoms with Crippen LogP contribution in [0.25, 0.3) is 0 Å². The molecular formula is C13H24N2O2. The van der Waals surface area contributed by atoms with Gasteiger partial charge < -0.3 is 15.4 Å². The largest absolute Gasteiger partial charge is 0.444 e. The lowest BCUT2D eigenvalue weighted by Gasteiger charge is -2.40. The van der Waals surface area contributed by atoms with Gasteiger partial charge in [-0.05, 0) is 38.0 Å². The number of carbonyl (C=O) groups excluding carboxylic acids is 1. The number of likely N-dealkylation sites (tertiary alicyclic amines) is 1. The van der Waals surface area contributed by atoms with Crippen LogP contribution < -0.4 is 5.73 Å².